The molecule has 1 aliphatic heterocycles. The van der Waals surface area contributed by atoms with Crippen molar-refractivity contribution < 1.29 is 19.8 Å². The maximum absolute atomic E-state index is 12.0. The number of hydrogen-bond donors (Lipinski definition) is 3. The van der Waals surface area contributed by atoms with E-state index in [2.05, 4.69) is 36.2 Å². The van der Waals surface area contributed by atoms with Gasteiger partial charge in [-0.15, -0.1) is 0 Å². The van der Waals surface area contributed by atoms with Gasteiger partial charge in [0.1, 0.15) is 11.6 Å². The van der Waals surface area contributed by atoms with E-state index in [1.807, 2.05) is 22.9 Å². The highest BCUT2D eigenvalue weighted by Crippen LogP contribution is 2.35. The molecule has 0 unspecified atom stereocenters. The summed E-state index contributed by atoms with van der Waals surface area (Å²) in [6.07, 6.45) is 1.50. The van der Waals surface area contributed by atoms with Gasteiger partial charge in [0.2, 0.25) is 0 Å². The maximum atomic E-state index is 12.0. The van der Waals surface area contributed by atoms with Crippen LogP contribution in [0.1, 0.15) is 39.3 Å². The third-order valence-corrected chi connectivity index (χ3v) is 5.31. The normalized spacial score (nSPS) is 16.4. The standard InChI is InChI=1S/C20H27N5O4/c1-19(2,3)25-16(7-10-21-25)23-15-6-4-5-14(22-15)13-20(17(26)27)8-11-24(12-9-20)18(28)29/h4-7,10H,8-9,11-13H2,1-3H3,(H,22,23)(H,26,27)(H,28,29). The number of likely N-dealkylation sites (tertiary alicyclic amines) is 1. The summed E-state index contributed by atoms with van der Waals surface area (Å²) in [6, 6.07) is 7.33. The zero-order valence-electron chi connectivity index (χ0n) is 16.9. The van der Waals surface area contributed by atoms with Gasteiger partial charge in [0.15, 0.2) is 0 Å². The van der Waals surface area contributed by atoms with Crippen LogP contribution in [0.4, 0.5) is 16.4 Å². The van der Waals surface area contributed by atoms with E-state index in [0.717, 1.165) is 5.82 Å². The van der Waals surface area contributed by atoms with Gasteiger partial charge in [-0.2, -0.15) is 5.10 Å². The van der Waals surface area contributed by atoms with Gasteiger partial charge in [-0.05, 0) is 45.7 Å². The maximum Gasteiger partial charge on any atom is 0.407 e. The monoisotopic (exact) mass is 401 g/mol. The third-order valence-electron chi connectivity index (χ3n) is 5.31. The van der Waals surface area contributed by atoms with Gasteiger partial charge < -0.3 is 20.4 Å². The number of hydrogen-bond acceptors (Lipinski definition) is 5. The van der Waals surface area contributed by atoms with E-state index in [-0.39, 0.29) is 37.9 Å². The van der Waals surface area contributed by atoms with E-state index in [9.17, 15) is 14.7 Å². The molecule has 156 valence electrons. The van der Waals surface area contributed by atoms with Crippen molar-refractivity contribution in [3.63, 3.8) is 0 Å². The van der Waals surface area contributed by atoms with Gasteiger partial charge in [0.05, 0.1) is 17.2 Å². The third kappa shape index (κ3) is 4.49. The molecule has 0 aromatic carbocycles. The summed E-state index contributed by atoms with van der Waals surface area (Å²) in [5.41, 5.74) is -0.553. The summed E-state index contributed by atoms with van der Waals surface area (Å²) in [7, 11) is 0. The van der Waals surface area contributed by atoms with Crippen LogP contribution in [-0.4, -0.2) is 55.0 Å². The summed E-state index contributed by atoms with van der Waals surface area (Å²) in [6.45, 7) is 6.58. The molecule has 29 heavy (non-hydrogen) atoms. The number of aliphatic carboxylic acids is 1. The molecule has 1 fully saturated rings. The average molecular weight is 401 g/mol. The minimum atomic E-state index is -1.01. The molecule has 3 N–H and O–H groups in total. The minimum Gasteiger partial charge on any atom is -0.481 e. The van der Waals surface area contributed by atoms with Crippen LogP contribution < -0.4 is 5.32 Å². The summed E-state index contributed by atoms with van der Waals surface area (Å²) in [5.74, 6) is 0.496. The molecule has 3 heterocycles. The average Bonchev–Trinajstić information content (AvgIpc) is 3.11. The van der Waals surface area contributed by atoms with Crippen molar-refractivity contribution in [1.82, 2.24) is 19.7 Å². The molecule has 0 saturated carbocycles. The highest BCUT2D eigenvalue weighted by Gasteiger charge is 2.43. The van der Waals surface area contributed by atoms with Crippen molar-refractivity contribution in [2.24, 2.45) is 5.41 Å². The zero-order valence-corrected chi connectivity index (χ0v) is 16.9. The molecule has 1 amide bonds. The fourth-order valence-electron chi connectivity index (χ4n) is 3.65. The van der Waals surface area contributed by atoms with Crippen molar-refractivity contribution >= 4 is 23.7 Å². The second-order valence-electron chi connectivity index (χ2n) is 8.47. The van der Waals surface area contributed by atoms with Crippen LogP contribution in [0, 0.1) is 5.41 Å². The van der Waals surface area contributed by atoms with E-state index in [0.29, 0.717) is 11.5 Å². The topological polar surface area (TPSA) is 121 Å². The largest absolute Gasteiger partial charge is 0.481 e. The fourth-order valence-corrected chi connectivity index (χ4v) is 3.65. The molecular weight excluding hydrogens is 374 g/mol. The number of nitrogens with zero attached hydrogens (tertiary/aromatic N) is 4. The van der Waals surface area contributed by atoms with Crippen LogP contribution >= 0.6 is 0 Å². The van der Waals surface area contributed by atoms with E-state index >= 15 is 0 Å². The van der Waals surface area contributed by atoms with Crippen molar-refractivity contribution in [2.75, 3.05) is 18.4 Å². The summed E-state index contributed by atoms with van der Waals surface area (Å²) >= 11 is 0. The first-order valence-electron chi connectivity index (χ1n) is 9.59. The van der Waals surface area contributed by atoms with Gasteiger partial charge in [0.25, 0.3) is 0 Å². The Labute approximate surface area is 169 Å². The number of amides is 1. The van der Waals surface area contributed by atoms with Crippen LogP contribution in [0.5, 0.6) is 0 Å². The molecule has 0 radical (unpaired) electrons. The van der Waals surface area contributed by atoms with E-state index in [1.54, 1.807) is 12.3 Å². The molecule has 0 atom stereocenters. The number of carboxylic acids is 1. The van der Waals surface area contributed by atoms with Crippen LogP contribution in [0.15, 0.2) is 30.5 Å². The van der Waals surface area contributed by atoms with Crippen LogP contribution in [-0.2, 0) is 16.8 Å². The predicted molar refractivity (Wildman–Crippen MR) is 107 cm³/mol. The molecule has 2 aromatic heterocycles. The van der Waals surface area contributed by atoms with Gasteiger partial charge in [0, 0.05) is 31.3 Å². The molecule has 2 aromatic rings. The predicted octanol–water partition coefficient (Wildman–Crippen LogP) is 3.16. The lowest BCUT2D eigenvalue weighted by Crippen LogP contribution is -2.47. The Hall–Kier alpha value is -3.10. The minimum absolute atomic E-state index is 0.199. The van der Waals surface area contributed by atoms with Crippen LogP contribution in [0.2, 0.25) is 0 Å². The molecule has 1 saturated heterocycles. The van der Waals surface area contributed by atoms with Crippen LogP contribution in [0.3, 0.4) is 0 Å². The first-order chi connectivity index (χ1) is 13.6. The first kappa shape index (κ1) is 20.6. The summed E-state index contributed by atoms with van der Waals surface area (Å²) < 4.78 is 1.86. The number of carboxylic acid groups (broad SMARTS) is 2. The second-order valence-corrected chi connectivity index (χ2v) is 8.47. The van der Waals surface area contributed by atoms with Crippen molar-refractivity contribution in [3.8, 4) is 0 Å². The molecule has 0 spiro atoms. The lowest BCUT2D eigenvalue weighted by Gasteiger charge is -2.37. The highest BCUT2D eigenvalue weighted by molar-refractivity contribution is 5.76. The Kier molecular flexibility index (Phi) is 5.50. The van der Waals surface area contributed by atoms with Gasteiger partial charge in [-0.3, -0.25) is 4.79 Å². The Bertz CT molecular complexity index is 894. The zero-order chi connectivity index (χ0) is 21.2. The lowest BCUT2D eigenvalue weighted by molar-refractivity contribution is -0.151. The van der Waals surface area contributed by atoms with Gasteiger partial charge in [-0.1, -0.05) is 6.07 Å². The second kappa shape index (κ2) is 7.73. The smallest absolute Gasteiger partial charge is 0.407 e. The SMILES string of the molecule is CC(C)(C)n1nccc1Nc1cccc(CC2(C(=O)O)CCN(C(=O)O)CC2)n1. The van der Waals surface area contributed by atoms with E-state index in [4.69, 9.17) is 5.11 Å². The molecular formula is C20H27N5O4. The van der Waals surface area contributed by atoms with E-state index < -0.39 is 17.5 Å². The number of carbonyl (C=O) groups is 2. The number of aromatic nitrogens is 3. The van der Waals surface area contributed by atoms with Crippen molar-refractivity contribution in [2.45, 2.75) is 45.6 Å². The molecule has 0 aliphatic carbocycles. The lowest BCUT2D eigenvalue weighted by atomic mass is 9.75. The Morgan fingerprint density at radius 1 is 1.17 bits per heavy atom. The molecule has 3 rings (SSSR count). The molecule has 1 aliphatic rings. The highest BCUT2D eigenvalue weighted by atomic mass is 16.4. The molecule has 9 nitrogen and oxygen atoms in total. The first-order valence-corrected chi connectivity index (χ1v) is 9.59. The van der Waals surface area contributed by atoms with Crippen molar-refractivity contribution in [3.05, 3.63) is 36.2 Å². The number of nitrogens with one attached hydrogen (secondary N) is 1. The quantitative estimate of drug-likeness (QED) is 0.704. The van der Waals surface area contributed by atoms with Gasteiger partial charge in [-0.25, -0.2) is 14.5 Å². The summed E-state index contributed by atoms with van der Waals surface area (Å²) in [5, 5.41) is 26.6. The van der Waals surface area contributed by atoms with Crippen molar-refractivity contribution in [1.29, 1.82) is 0 Å². The summed E-state index contributed by atoms with van der Waals surface area (Å²) in [4.78, 5) is 29.0. The Morgan fingerprint density at radius 3 is 2.45 bits per heavy atom. The molecule has 0 bridgehead atoms. The van der Waals surface area contributed by atoms with E-state index in [1.165, 1.54) is 4.90 Å². The van der Waals surface area contributed by atoms with Crippen LogP contribution in [0.25, 0.3) is 0 Å². The fraction of sp³-hybridized carbons (Fsp3) is 0.500. The van der Waals surface area contributed by atoms with Gasteiger partial charge >= 0.3 is 12.1 Å². The number of pyridine rings is 1. The molecule has 9 heteroatoms. The Balaban J connectivity index is 1.78. The number of anilines is 2. The Morgan fingerprint density at radius 2 is 1.86 bits per heavy atom. The number of piperidine rings is 1. The number of rotatable bonds is 5.